The number of hydrogen-bond acceptors (Lipinski definition) is 4. The SMILES string of the molecule is CCCCCCCCCCCCCCCCCCC(CCCCCCCCCCCCCCCCCC)(C(=O)OCC)C(=O)OCC. The Bertz CT molecular complexity index is 604. The summed E-state index contributed by atoms with van der Waals surface area (Å²) in [6, 6.07) is 0. The molecule has 0 unspecified atom stereocenters. The second kappa shape index (κ2) is 36.2. The Labute approximate surface area is 295 Å². The van der Waals surface area contributed by atoms with Gasteiger partial charge in [-0.25, -0.2) is 0 Å². The molecule has 0 aliphatic rings. The molecule has 0 atom stereocenters. The second-order valence-corrected chi connectivity index (χ2v) is 14.6. The predicted octanol–water partition coefficient (Wildman–Crippen LogP) is 14.4. The summed E-state index contributed by atoms with van der Waals surface area (Å²) >= 11 is 0. The highest BCUT2D eigenvalue weighted by molar-refractivity contribution is 6.00. The summed E-state index contributed by atoms with van der Waals surface area (Å²) in [4.78, 5) is 26.5. The lowest BCUT2D eigenvalue weighted by Crippen LogP contribution is -2.42. The molecule has 0 aromatic carbocycles. The highest BCUT2D eigenvalue weighted by Gasteiger charge is 2.47. The first-order chi connectivity index (χ1) is 23.1. The molecular weight excluding hydrogens is 580 g/mol. The molecule has 0 aliphatic heterocycles. The number of esters is 2. The largest absolute Gasteiger partial charge is 0.465 e. The fraction of sp³-hybridized carbons (Fsp3) is 0.953. The van der Waals surface area contributed by atoms with E-state index in [0.29, 0.717) is 26.1 Å². The van der Waals surface area contributed by atoms with E-state index < -0.39 is 5.41 Å². The van der Waals surface area contributed by atoms with E-state index in [-0.39, 0.29) is 11.9 Å². The Kier molecular flexibility index (Phi) is 35.4. The minimum Gasteiger partial charge on any atom is -0.465 e. The summed E-state index contributed by atoms with van der Waals surface area (Å²) in [5, 5.41) is 0. The van der Waals surface area contributed by atoms with Crippen molar-refractivity contribution in [2.24, 2.45) is 5.41 Å². The normalized spacial score (nSPS) is 11.7. The topological polar surface area (TPSA) is 52.6 Å². The van der Waals surface area contributed by atoms with Crippen LogP contribution in [0, 0.1) is 5.41 Å². The maximum Gasteiger partial charge on any atom is 0.323 e. The monoisotopic (exact) mass is 665 g/mol. The third-order valence-electron chi connectivity index (χ3n) is 10.2. The summed E-state index contributed by atoms with van der Waals surface area (Å²) < 4.78 is 11.0. The van der Waals surface area contributed by atoms with Crippen LogP contribution in [0.4, 0.5) is 0 Å². The van der Waals surface area contributed by atoms with Crippen molar-refractivity contribution in [3.05, 3.63) is 0 Å². The first kappa shape index (κ1) is 45.9. The van der Waals surface area contributed by atoms with Crippen LogP contribution in [0.2, 0.25) is 0 Å². The summed E-state index contributed by atoms with van der Waals surface area (Å²) in [5.74, 6) is -0.722. The van der Waals surface area contributed by atoms with Crippen LogP contribution in [-0.4, -0.2) is 25.2 Å². The summed E-state index contributed by atoms with van der Waals surface area (Å²) in [7, 11) is 0. The van der Waals surface area contributed by atoms with Crippen molar-refractivity contribution in [2.45, 2.75) is 246 Å². The molecule has 0 fully saturated rings. The van der Waals surface area contributed by atoms with Crippen LogP contribution in [0.15, 0.2) is 0 Å². The van der Waals surface area contributed by atoms with Crippen molar-refractivity contribution in [3.63, 3.8) is 0 Å². The fourth-order valence-corrected chi connectivity index (χ4v) is 7.10. The Morgan fingerprint density at radius 1 is 0.319 bits per heavy atom. The minimum atomic E-state index is -1.13. The van der Waals surface area contributed by atoms with Gasteiger partial charge < -0.3 is 9.47 Å². The Balaban J connectivity index is 4.20. The average Bonchev–Trinajstić information content (AvgIpc) is 3.07. The smallest absolute Gasteiger partial charge is 0.323 e. The van der Waals surface area contributed by atoms with Crippen LogP contribution in [0.25, 0.3) is 0 Å². The zero-order valence-corrected chi connectivity index (χ0v) is 32.6. The minimum absolute atomic E-state index is 0.303. The average molecular weight is 665 g/mol. The van der Waals surface area contributed by atoms with Crippen molar-refractivity contribution >= 4 is 11.9 Å². The van der Waals surface area contributed by atoms with Crippen LogP contribution in [-0.2, 0) is 19.1 Å². The zero-order chi connectivity index (χ0) is 34.5. The molecule has 0 radical (unpaired) electrons. The van der Waals surface area contributed by atoms with E-state index in [1.165, 1.54) is 180 Å². The number of unbranched alkanes of at least 4 members (excludes halogenated alkanes) is 30. The van der Waals surface area contributed by atoms with E-state index in [2.05, 4.69) is 13.8 Å². The van der Waals surface area contributed by atoms with Crippen molar-refractivity contribution < 1.29 is 19.1 Å². The van der Waals surface area contributed by atoms with Crippen LogP contribution in [0.5, 0.6) is 0 Å². The molecule has 4 heteroatoms. The Morgan fingerprint density at radius 3 is 0.702 bits per heavy atom. The quantitative estimate of drug-likeness (QED) is 0.0374. The van der Waals surface area contributed by atoms with Gasteiger partial charge in [-0.15, -0.1) is 0 Å². The van der Waals surface area contributed by atoms with Gasteiger partial charge in [-0.1, -0.05) is 219 Å². The summed E-state index contributed by atoms with van der Waals surface area (Å²) in [5.41, 5.74) is -1.13. The molecular formula is C43H84O4. The van der Waals surface area contributed by atoms with Crippen LogP contribution in [0.3, 0.4) is 0 Å². The molecule has 0 aliphatic carbocycles. The van der Waals surface area contributed by atoms with Gasteiger partial charge >= 0.3 is 11.9 Å². The zero-order valence-electron chi connectivity index (χ0n) is 32.6. The van der Waals surface area contributed by atoms with E-state index in [9.17, 15) is 9.59 Å². The second-order valence-electron chi connectivity index (χ2n) is 14.6. The molecule has 0 aromatic rings. The van der Waals surface area contributed by atoms with Crippen LogP contribution >= 0.6 is 0 Å². The number of rotatable bonds is 38. The van der Waals surface area contributed by atoms with Crippen molar-refractivity contribution in [3.8, 4) is 0 Å². The molecule has 280 valence electrons. The maximum absolute atomic E-state index is 13.2. The third kappa shape index (κ3) is 27.5. The fourth-order valence-electron chi connectivity index (χ4n) is 7.10. The highest BCUT2D eigenvalue weighted by Crippen LogP contribution is 2.35. The lowest BCUT2D eigenvalue weighted by molar-refractivity contribution is -0.173. The van der Waals surface area contributed by atoms with Gasteiger partial charge in [0.15, 0.2) is 5.41 Å². The van der Waals surface area contributed by atoms with E-state index in [1.807, 2.05) is 13.8 Å². The molecule has 0 amide bonds. The Hall–Kier alpha value is -1.06. The van der Waals surface area contributed by atoms with Gasteiger partial charge in [-0.3, -0.25) is 9.59 Å². The predicted molar refractivity (Wildman–Crippen MR) is 204 cm³/mol. The van der Waals surface area contributed by atoms with Gasteiger partial charge in [-0.2, -0.15) is 0 Å². The Morgan fingerprint density at radius 2 is 0.511 bits per heavy atom. The summed E-state index contributed by atoms with van der Waals surface area (Å²) in [6.07, 6.45) is 43.1. The lowest BCUT2D eigenvalue weighted by Gasteiger charge is -2.29. The molecule has 0 bridgehead atoms. The molecule has 0 rings (SSSR count). The maximum atomic E-state index is 13.2. The molecule has 47 heavy (non-hydrogen) atoms. The van der Waals surface area contributed by atoms with Crippen molar-refractivity contribution in [2.75, 3.05) is 13.2 Å². The van der Waals surface area contributed by atoms with Gasteiger partial charge in [-0.05, 0) is 26.7 Å². The van der Waals surface area contributed by atoms with Crippen molar-refractivity contribution in [1.82, 2.24) is 0 Å². The molecule has 0 heterocycles. The third-order valence-corrected chi connectivity index (χ3v) is 10.2. The molecule has 0 aromatic heterocycles. The lowest BCUT2D eigenvalue weighted by atomic mass is 9.77. The summed E-state index contributed by atoms with van der Waals surface area (Å²) in [6.45, 7) is 8.84. The first-order valence-corrected chi connectivity index (χ1v) is 21.4. The molecule has 0 saturated carbocycles. The van der Waals surface area contributed by atoms with E-state index in [1.54, 1.807) is 0 Å². The van der Waals surface area contributed by atoms with Gasteiger partial charge in [0.1, 0.15) is 0 Å². The standard InChI is InChI=1S/C43H84O4/c1-5-9-11-13-15-17-19-21-23-25-27-29-31-33-35-37-39-43(41(44)46-7-3,42(45)47-8-4)40-38-36-34-32-30-28-26-24-22-20-18-16-14-12-10-6-2/h5-40H2,1-4H3. The van der Waals surface area contributed by atoms with Gasteiger partial charge in [0, 0.05) is 0 Å². The first-order valence-electron chi connectivity index (χ1n) is 21.4. The van der Waals surface area contributed by atoms with Gasteiger partial charge in [0.2, 0.25) is 0 Å². The van der Waals surface area contributed by atoms with E-state index >= 15 is 0 Å². The number of hydrogen-bond donors (Lipinski definition) is 0. The molecule has 0 N–H and O–H groups in total. The van der Waals surface area contributed by atoms with Crippen LogP contribution < -0.4 is 0 Å². The highest BCUT2D eigenvalue weighted by atomic mass is 16.6. The number of carbonyl (C=O) groups excluding carboxylic acids is 2. The van der Waals surface area contributed by atoms with Gasteiger partial charge in [0.25, 0.3) is 0 Å². The van der Waals surface area contributed by atoms with Crippen LogP contribution in [0.1, 0.15) is 246 Å². The molecule has 4 nitrogen and oxygen atoms in total. The number of carbonyl (C=O) groups is 2. The van der Waals surface area contributed by atoms with E-state index in [4.69, 9.17) is 9.47 Å². The molecule has 0 saturated heterocycles. The van der Waals surface area contributed by atoms with E-state index in [0.717, 1.165) is 25.7 Å². The van der Waals surface area contributed by atoms with Crippen molar-refractivity contribution in [1.29, 1.82) is 0 Å². The molecule has 0 spiro atoms. The number of ether oxygens (including phenoxy) is 2. The van der Waals surface area contributed by atoms with Gasteiger partial charge in [0.05, 0.1) is 13.2 Å².